The lowest BCUT2D eigenvalue weighted by atomic mass is 10.1. The molecule has 136 valence electrons. The van der Waals surface area contributed by atoms with Gasteiger partial charge in [-0.05, 0) is 48.7 Å². The van der Waals surface area contributed by atoms with E-state index in [1.54, 1.807) is 19.2 Å². The lowest BCUT2D eigenvalue weighted by Gasteiger charge is -2.14. The number of hydrogen-bond donors (Lipinski definition) is 2. The first-order valence-corrected chi connectivity index (χ1v) is 9.30. The Labute approximate surface area is 164 Å². The van der Waals surface area contributed by atoms with Crippen LogP contribution in [0.3, 0.4) is 0 Å². The number of hydrazine groups is 1. The molecule has 8 heteroatoms. The summed E-state index contributed by atoms with van der Waals surface area (Å²) in [6.07, 6.45) is 3.11. The molecule has 0 amide bonds. The normalized spacial score (nSPS) is 10.8. The number of aryl methyl sites for hydroxylation is 1. The van der Waals surface area contributed by atoms with E-state index in [2.05, 4.69) is 36.7 Å². The standard InChI is InChI=1S/C18H17BrClFN4O/c1-26-17-9-13-16(7-11(17)3-2-6-20)22-10-23-18(13)25-24-15-5-4-12(19)8-14(15)21/h4-5,7-10,24H,2-3,6H2,1H3,(H,22,23,25). The van der Waals surface area contributed by atoms with Crippen LogP contribution < -0.4 is 15.6 Å². The Morgan fingerprint density at radius 3 is 2.77 bits per heavy atom. The van der Waals surface area contributed by atoms with Crippen LogP contribution in [0.1, 0.15) is 12.0 Å². The van der Waals surface area contributed by atoms with E-state index in [1.807, 2.05) is 12.1 Å². The number of hydrogen-bond acceptors (Lipinski definition) is 5. The molecular weight excluding hydrogens is 423 g/mol. The van der Waals surface area contributed by atoms with Crippen molar-refractivity contribution in [2.75, 3.05) is 23.8 Å². The van der Waals surface area contributed by atoms with E-state index in [0.29, 0.717) is 21.9 Å². The number of benzene rings is 2. The van der Waals surface area contributed by atoms with Gasteiger partial charge >= 0.3 is 0 Å². The molecule has 0 saturated carbocycles. The highest BCUT2D eigenvalue weighted by Crippen LogP contribution is 2.29. The molecule has 1 aromatic heterocycles. The average Bonchev–Trinajstić information content (AvgIpc) is 2.64. The van der Waals surface area contributed by atoms with Gasteiger partial charge in [-0.25, -0.2) is 14.4 Å². The third-order valence-corrected chi connectivity index (χ3v) is 4.62. The predicted molar refractivity (Wildman–Crippen MR) is 106 cm³/mol. The largest absolute Gasteiger partial charge is 0.496 e. The third kappa shape index (κ3) is 4.16. The quantitative estimate of drug-likeness (QED) is 0.394. The first-order valence-electron chi connectivity index (χ1n) is 7.97. The fraction of sp³-hybridized carbons (Fsp3) is 0.222. The first kappa shape index (κ1) is 18.7. The summed E-state index contributed by atoms with van der Waals surface area (Å²) in [4.78, 5) is 8.57. The number of rotatable bonds is 7. The number of nitrogens with one attached hydrogen (secondary N) is 2. The number of methoxy groups -OCH3 is 1. The average molecular weight is 440 g/mol. The molecule has 0 aliphatic heterocycles. The molecular formula is C18H17BrClFN4O. The molecule has 3 rings (SSSR count). The molecule has 2 aromatic carbocycles. The fourth-order valence-corrected chi connectivity index (χ4v) is 3.05. The van der Waals surface area contributed by atoms with Gasteiger partial charge in [-0.1, -0.05) is 15.9 Å². The van der Waals surface area contributed by atoms with Gasteiger partial charge in [-0.15, -0.1) is 11.6 Å². The van der Waals surface area contributed by atoms with Crippen LogP contribution in [0.2, 0.25) is 0 Å². The van der Waals surface area contributed by atoms with E-state index in [9.17, 15) is 4.39 Å². The fourth-order valence-electron chi connectivity index (χ4n) is 2.59. The van der Waals surface area contributed by atoms with Crippen LogP contribution in [0.5, 0.6) is 5.75 Å². The Morgan fingerprint density at radius 2 is 2.04 bits per heavy atom. The highest BCUT2D eigenvalue weighted by molar-refractivity contribution is 9.10. The number of aromatic nitrogens is 2. The second-order valence-electron chi connectivity index (χ2n) is 5.57. The monoisotopic (exact) mass is 438 g/mol. The van der Waals surface area contributed by atoms with Crippen LogP contribution in [-0.2, 0) is 6.42 Å². The van der Waals surface area contributed by atoms with Crippen molar-refractivity contribution in [3.63, 3.8) is 0 Å². The lowest BCUT2D eigenvalue weighted by molar-refractivity contribution is 0.410. The van der Waals surface area contributed by atoms with Gasteiger partial charge in [0.2, 0.25) is 0 Å². The number of halogens is 3. The molecule has 0 radical (unpaired) electrons. The maximum atomic E-state index is 14.0. The van der Waals surface area contributed by atoms with E-state index in [4.69, 9.17) is 16.3 Å². The van der Waals surface area contributed by atoms with Gasteiger partial charge in [0, 0.05) is 15.7 Å². The van der Waals surface area contributed by atoms with Crippen LogP contribution >= 0.6 is 27.5 Å². The summed E-state index contributed by atoms with van der Waals surface area (Å²) in [5.74, 6) is 1.47. The minimum absolute atomic E-state index is 0.311. The highest BCUT2D eigenvalue weighted by atomic mass is 79.9. The molecule has 1 heterocycles. The third-order valence-electron chi connectivity index (χ3n) is 3.86. The molecule has 0 spiro atoms. The summed E-state index contributed by atoms with van der Waals surface area (Å²) in [5, 5.41) is 0.768. The van der Waals surface area contributed by atoms with Crippen LogP contribution in [0.4, 0.5) is 15.9 Å². The van der Waals surface area contributed by atoms with E-state index in [0.717, 1.165) is 35.1 Å². The summed E-state index contributed by atoms with van der Waals surface area (Å²) in [5.41, 5.74) is 7.90. The summed E-state index contributed by atoms with van der Waals surface area (Å²) >= 11 is 9.03. The van der Waals surface area contributed by atoms with Crippen molar-refractivity contribution in [1.82, 2.24) is 9.97 Å². The van der Waals surface area contributed by atoms with Crippen LogP contribution in [-0.4, -0.2) is 23.0 Å². The van der Waals surface area contributed by atoms with Gasteiger partial charge in [0.1, 0.15) is 17.9 Å². The Hall–Kier alpha value is -2.12. The highest BCUT2D eigenvalue weighted by Gasteiger charge is 2.11. The maximum Gasteiger partial charge on any atom is 0.155 e. The van der Waals surface area contributed by atoms with E-state index < -0.39 is 0 Å². The molecule has 26 heavy (non-hydrogen) atoms. The molecule has 0 unspecified atom stereocenters. The zero-order chi connectivity index (χ0) is 18.5. The second-order valence-corrected chi connectivity index (χ2v) is 6.86. The molecule has 0 aliphatic rings. The molecule has 0 atom stereocenters. The van der Waals surface area contributed by atoms with Crippen molar-refractivity contribution in [3.05, 3.63) is 52.5 Å². The Morgan fingerprint density at radius 1 is 1.19 bits per heavy atom. The van der Waals surface area contributed by atoms with Gasteiger partial charge < -0.3 is 4.74 Å². The summed E-state index contributed by atoms with van der Waals surface area (Å²) in [7, 11) is 1.62. The van der Waals surface area contributed by atoms with Crippen molar-refractivity contribution in [2.45, 2.75) is 12.8 Å². The zero-order valence-corrected chi connectivity index (χ0v) is 16.4. The van der Waals surface area contributed by atoms with Crippen molar-refractivity contribution in [3.8, 4) is 5.75 Å². The van der Waals surface area contributed by atoms with Crippen molar-refractivity contribution in [2.24, 2.45) is 0 Å². The Kier molecular flexibility index (Phi) is 6.11. The van der Waals surface area contributed by atoms with Crippen LogP contribution in [0, 0.1) is 5.82 Å². The SMILES string of the molecule is COc1cc2c(NNc3ccc(Br)cc3F)ncnc2cc1CCCCl. The number of ether oxygens (including phenoxy) is 1. The topological polar surface area (TPSA) is 59.1 Å². The first-order chi connectivity index (χ1) is 12.6. The molecule has 0 saturated heterocycles. The van der Waals surface area contributed by atoms with Gasteiger partial charge in [0.05, 0.1) is 18.3 Å². The molecule has 2 N–H and O–H groups in total. The van der Waals surface area contributed by atoms with Gasteiger partial charge in [0.25, 0.3) is 0 Å². The molecule has 0 aliphatic carbocycles. The summed E-state index contributed by atoms with van der Waals surface area (Å²) in [6.45, 7) is 0. The van der Waals surface area contributed by atoms with Gasteiger partial charge in [-0.2, -0.15) is 0 Å². The smallest absolute Gasteiger partial charge is 0.155 e. The molecule has 3 aromatic rings. The number of anilines is 2. The zero-order valence-electron chi connectivity index (χ0n) is 14.0. The van der Waals surface area contributed by atoms with Crippen LogP contribution in [0.15, 0.2) is 41.1 Å². The van der Waals surface area contributed by atoms with E-state index in [-0.39, 0.29) is 5.82 Å². The lowest BCUT2D eigenvalue weighted by Crippen LogP contribution is -2.12. The minimum Gasteiger partial charge on any atom is -0.496 e. The summed E-state index contributed by atoms with van der Waals surface area (Å²) < 4.78 is 20.1. The maximum absolute atomic E-state index is 14.0. The number of fused-ring (bicyclic) bond motifs is 1. The summed E-state index contributed by atoms with van der Waals surface area (Å²) in [6, 6.07) is 8.60. The minimum atomic E-state index is -0.383. The van der Waals surface area contributed by atoms with Crippen LogP contribution in [0.25, 0.3) is 10.9 Å². The molecule has 5 nitrogen and oxygen atoms in total. The predicted octanol–water partition coefficient (Wildman–Crippen LogP) is 5.15. The van der Waals surface area contributed by atoms with E-state index >= 15 is 0 Å². The number of nitrogens with zero attached hydrogens (tertiary/aromatic N) is 2. The van der Waals surface area contributed by atoms with Crippen molar-refractivity contribution >= 4 is 49.9 Å². The Balaban J connectivity index is 1.90. The second kappa shape index (κ2) is 8.51. The Bertz CT molecular complexity index is 925. The van der Waals surface area contributed by atoms with Crippen molar-refractivity contribution in [1.29, 1.82) is 0 Å². The van der Waals surface area contributed by atoms with Gasteiger partial charge in [-0.3, -0.25) is 10.9 Å². The van der Waals surface area contributed by atoms with Crippen molar-refractivity contribution < 1.29 is 9.13 Å². The number of alkyl halides is 1. The molecule has 0 bridgehead atoms. The molecule has 0 fully saturated rings. The van der Waals surface area contributed by atoms with E-state index in [1.165, 1.54) is 12.4 Å². The van der Waals surface area contributed by atoms with Gasteiger partial charge in [0.15, 0.2) is 5.82 Å².